The van der Waals surface area contributed by atoms with Gasteiger partial charge in [-0.1, -0.05) is 66.7 Å². The highest BCUT2D eigenvalue weighted by Gasteiger charge is 2.23. The topological polar surface area (TPSA) is 23.5 Å². The van der Waals surface area contributed by atoms with Crippen LogP contribution < -0.4 is 0 Å². The summed E-state index contributed by atoms with van der Waals surface area (Å²) in [6, 6.07) is 18.4. The van der Waals surface area contributed by atoms with Crippen molar-refractivity contribution < 1.29 is 5.21 Å². The van der Waals surface area contributed by atoms with Crippen molar-refractivity contribution in [1.82, 2.24) is 5.06 Å². The van der Waals surface area contributed by atoms with E-state index < -0.39 is 0 Å². The zero-order chi connectivity index (χ0) is 13.1. The molecule has 3 rings (SSSR count). The molecule has 0 saturated carbocycles. The number of benzene rings is 2. The summed E-state index contributed by atoms with van der Waals surface area (Å²) in [4.78, 5) is 0. The van der Waals surface area contributed by atoms with Crippen LogP contribution in [0.2, 0.25) is 0 Å². The van der Waals surface area contributed by atoms with E-state index >= 15 is 0 Å². The van der Waals surface area contributed by atoms with Crippen molar-refractivity contribution >= 4 is 6.08 Å². The fourth-order valence-electron chi connectivity index (χ4n) is 2.55. The summed E-state index contributed by atoms with van der Waals surface area (Å²) in [5.74, 6) is 0. The van der Waals surface area contributed by atoms with Crippen molar-refractivity contribution in [3.8, 4) is 0 Å². The van der Waals surface area contributed by atoms with Gasteiger partial charge in [0, 0.05) is 6.54 Å². The van der Waals surface area contributed by atoms with Gasteiger partial charge in [-0.3, -0.25) is 0 Å². The minimum Gasteiger partial charge on any atom is -0.313 e. The number of hydrogen-bond donors (Lipinski definition) is 1. The first-order valence-corrected chi connectivity index (χ1v) is 6.61. The van der Waals surface area contributed by atoms with E-state index in [-0.39, 0.29) is 6.04 Å². The van der Waals surface area contributed by atoms with E-state index in [4.69, 9.17) is 0 Å². The highest BCUT2D eigenvalue weighted by atomic mass is 16.5. The molecule has 1 aliphatic rings. The van der Waals surface area contributed by atoms with Crippen molar-refractivity contribution in [2.45, 2.75) is 12.5 Å². The second kappa shape index (κ2) is 5.39. The maximum Gasteiger partial charge on any atom is 0.0786 e. The smallest absolute Gasteiger partial charge is 0.0786 e. The molecular weight excluding hydrogens is 234 g/mol. The van der Waals surface area contributed by atoms with E-state index in [1.807, 2.05) is 24.3 Å². The first-order valence-electron chi connectivity index (χ1n) is 6.61. The molecule has 0 saturated heterocycles. The van der Waals surface area contributed by atoms with Crippen LogP contribution in [0.4, 0.5) is 0 Å². The molecule has 96 valence electrons. The predicted molar refractivity (Wildman–Crippen MR) is 76.9 cm³/mol. The molecule has 0 amide bonds. The van der Waals surface area contributed by atoms with Crippen molar-refractivity contribution in [3.63, 3.8) is 0 Å². The van der Waals surface area contributed by atoms with Crippen molar-refractivity contribution in [1.29, 1.82) is 0 Å². The van der Waals surface area contributed by atoms with Gasteiger partial charge < -0.3 is 5.21 Å². The lowest BCUT2D eigenvalue weighted by Crippen LogP contribution is -2.31. The molecule has 0 aromatic heterocycles. The normalized spacial score (nSPS) is 19.5. The summed E-state index contributed by atoms with van der Waals surface area (Å²) in [7, 11) is 0. The van der Waals surface area contributed by atoms with Crippen LogP contribution in [0.25, 0.3) is 6.08 Å². The predicted octanol–water partition coefficient (Wildman–Crippen LogP) is 3.69. The van der Waals surface area contributed by atoms with Crippen LogP contribution in [0.3, 0.4) is 0 Å². The van der Waals surface area contributed by atoms with E-state index in [2.05, 4.69) is 42.5 Å². The molecule has 19 heavy (non-hydrogen) atoms. The average molecular weight is 251 g/mol. The zero-order valence-corrected chi connectivity index (χ0v) is 10.7. The van der Waals surface area contributed by atoms with Gasteiger partial charge in [-0.25, -0.2) is 0 Å². The van der Waals surface area contributed by atoms with Gasteiger partial charge in [0.05, 0.1) is 6.04 Å². The number of fused-ring (bicyclic) bond motifs is 1. The Morgan fingerprint density at radius 1 is 1.00 bits per heavy atom. The molecule has 0 spiro atoms. The van der Waals surface area contributed by atoms with Crippen LogP contribution in [0.5, 0.6) is 0 Å². The van der Waals surface area contributed by atoms with E-state index in [1.54, 1.807) is 0 Å². The van der Waals surface area contributed by atoms with Crippen LogP contribution in [-0.4, -0.2) is 16.8 Å². The van der Waals surface area contributed by atoms with Crippen LogP contribution in [0.1, 0.15) is 22.7 Å². The second-order valence-corrected chi connectivity index (χ2v) is 4.83. The minimum absolute atomic E-state index is 0.0508. The maximum atomic E-state index is 10.1. The molecule has 2 aromatic rings. The number of hydrogen-bond acceptors (Lipinski definition) is 2. The Kier molecular flexibility index (Phi) is 3.45. The lowest BCUT2D eigenvalue weighted by molar-refractivity contribution is -0.119. The molecular formula is C17H17NO. The summed E-state index contributed by atoms with van der Waals surface area (Å²) in [5, 5.41) is 11.5. The number of nitrogens with zero attached hydrogens (tertiary/aromatic N) is 1. The monoisotopic (exact) mass is 251 g/mol. The highest BCUT2D eigenvalue weighted by Crippen LogP contribution is 2.29. The van der Waals surface area contributed by atoms with Gasteiger partial charge in [0.15, 0.2) is 0 Å². The Balaban J connectivity index is 1.90. The van der Waals surface area contributed by atoms with Gasteiger partial charge in [0.2, 0.25) is 0 Å². The van der Waals surface area contributed by atoms with Gasteiger partial charge in [0.1, 0.15) is 0 Å². The first-order chi connectivity index (χ1) is 9.34. The Hall–Kier alpha value is -1.90. The summed E-state index contributed by atoms with van der Waals surface area (Å²) in [6.07, 6.45) is 5.03. The fourth-order valence-corrected chi connectivity index (χ4v) is 2.55. The molecule has 0 bridgehead atoms. The standard InChI is InChI=1S/C17H17NO/c19-18-13-12-15-8-4-5-9-16(15)17(18)11-10-14-6-2-1-3-7-14/h1-11,17,19H,12-13H2/b11-10+/t17-/m0/s1. The van der Waals surface area contributed by atoms with Crippen LogP contribution in [0, 0.1) is 0 Å². The van der Waals surface area contributed by atoms with Gasteiger partial charge in [-0.15, -0.1) is 0 Å². The van der Waals surface area contributed by atoms with Crippen LogP contribution >= 0.6 is 0 Å². The number of hydroxylamine groups is 2. The SMILES string of the molecule is ON1CCc2ccccc2[C@@H]1/C=C/c1ccccc1. The van der Waals surface area contributed by atoms with Crippen LogP contribution in [-0.2, 0) is 6.42 Å². The molecule has 0 fully saturated rings. The van der Waals surface area contributed by atoms with E-state index in [0.29, 0.717) is 6.54 Å². The lowest BCUT2D eigenvalue weighted by Gasteiger charge is -2.30. The van der Waals surface area contributed by atoms with Gasteiger partial charge in [-0.05, 0) is 23.1 Å². The Morgan fingerprint density at radius 3 is 2.58 bits per heavy atom. The largest absolute Gasteiger partial charge is 0.313 e. The van der Waals surface area contributed by atoms with E-state index in [1.165, 1.54) is 16.2 Å². The third-order valence-corrected chi connectivity index (χ3v) is 3.58. The molecule has 0 radical (unpaired) electrons. The fraction of sp³-hybridized carbons (Fsp3) is 0.176. The Morgan fingerprint density at radius 2 is 1.74 bits per heavy atom. The van der Waals surface area contributed by atoms with Gasteiger partial charge in [0.25, 0.3) is 0 Å². The maximum absolute atomic E-state index is 10.1. The van der Waals surface area contributed by atoms with Gasteiger partial charge in [-0.2, -0.15) is 5.06 Å². The molecule has 1 aliphatic heterocycles. The minimum atomic E-state index is -0.0508. The highest BCUT2D eigenvalue weighted by molar-refractivity contribution is 5.51. The lowest BCUT2D eigenvalue weighted by atomic mass is 9.93. The molecule has 0 unspecified atom stereocenters. The molecule has 0 aliphatic carbocycles. The molecule has 2 nitrogen and oxygen atoms in total. The summed E-state index contributed by atoms with van der Waals surface area (Å²) >= 11 is 0. The molecule has 1 N–H and O–H groups in total. The molecule has 2 aromatic carbocycles. The van der Waals surface area contributed by atoms with Crippen molar-refractivity contribution in [2.75, 3.05) is 6.54 Å². The molecule has 1 atom stereocenters. The quantitative estimate of drug-likeness (QED) is 0.880. The zero-order valence-electron chi connectivity index (χ0n) is 10.7. The third-order valence-electron chi connectivity index (χ3n) is 3.58. The van der Waals surface area contributed by atoms with E-state index in [0.717, 1.165) is 12.0 Å². The number of rotatable bonds is 2. The first kappa shape index (κ1) is 12.2. The van der Waals surface area contributed by atoms with Gasteiger partial charge >= 0.3 is 0 Å². The van der Waals surface area contributed by atoms with Crippen molar-refractivity contribution in [2.24, 2.45) is 0 Å². The molecule has 2 heteroatoms. The van der Waals surface area contributed by atoms with E-state index in [9.17, 15) is 5.21 Å². The second-order valence-electron chi connectivity index (χ2n) is 4.83. The average Bonchev–Trinajstić information content (AvgIpc) is 2.47. The summed E-state index contributed by atoms with van der Waals surface area (Å²) < 4.78 is 0. The third kappa shape index (κ3) is 2.60. The Bertz CT molecular complexity index is 577. The molecule has 1 heterocycles. The van der Waals surface area contributed by atoms with Crippen molar-refractivity contribution in [3.05, 3.63) is 77.4 Å². The van der Waals surface area contributed by atoms with Crippen LogP contribution in [0.15, 0.2) is 60.7 Å². The Labute approximate surface area is 113 Å². The summed E-state index contributed by atoms with van der Waals surface area (Å²) in [5.41, 5.74) is 3.68. The summed E-state index contributed by atoms with van der Waals surface area (Å²) in [6.45, 7) is 0.681.